The van der Waals surface area contributed by atoms with Crippen molar-refractivity contribution in [3.63, 3.8) is 0 Å². The summed E-state index contributed by atoms with van der Waals surface area (Å²) in [5, 5.41) is 9.67. The van der Waals surface area contributed by atoms with Crippen molar-refractivity contribution in [1.82, 2.24) is 0 Å². The smallest absolute Gasteiger partial charge is 0.0517 e. The van der Waals surface area contributed by atoms with Crippen LogP contribution < -0.4 is 0 Å². The van der Waals surface area contributed by atoms with Gasteiger partial charge in [-0.3, -0.25) is 0 Å². The number of aliphatic hydroxyl groups is 1. The third-order valence-corrected chi connectivity index (χ3v) is 3.85. The fourth-order valence-electron chi connectivity index (χ4n) is 2.76. The maximum absolute atomic E-state index is 9.67. The molecule has 0 radical (unpaired) electrons. The van der Waals surface area contributed by atoms with Crippen molar-refractivity contribution in [3.05, 3.63) is 0 Å². The lowest BCUT2D eigenvalue weighted by Gasteiger charge is -2.34. The van der Waals surface area contributed by atoms with Gasteiger partial charge in [0.2, 0.25) is 0 Å². The van der Waals surface area contributed by atoms with Gasteiger partial charge in [-0.2, -0.15) is 0 Å². The fraction of sp³-hybridized carbons (Fsp3) is 1.00. The summed E-state index contributed by atoms with van der Waals surface area (Å²) >= 11 is 0. The standard InChI is InChI=1S/C15H32O/c1-5-8-10-12-15(7-3,11-9-6-2)13-14(4)16/h14,16H,5-13H2,1-4H3. The molecule has 0 saturated heterocycles. The summed E-state index contributed by atoms with van der Waals surface area (Å²) in [5.41, 5.74) is 0.416. The van der Waals surface area contributed by atoms with Crippen molar-refractivity contribution < 1.29 is 5.11 Å². The predicted octanol–water partition coefficient (Wildman–Crippen LogP) is 4.92. The molecule has 0 bridgehead atoms. The van der Waals surface area contributed by atoms with Crippen molar-refractivity contribution in [2.45, 2.75) is 91.6 Å². The molecule has 0 aliphatic rings. The number of hydrogen-bond acceptors (Lipinski definition) is 1. The first-order valence-electron chi connectivity index (χ1n) is 7.28. The number of hydrogen-bond donors (Lipinski definition) is 1. The second-order valence-corrected chi connectivity index (χ2v) is 5.47. The SMILES string of the molecule is CCCCCC(CC)(CCCC)CC(C)O. The molecular formula is C15H32O. The normalized spacial score (nSPS) is 17.1. The van der Waals surface area contributed by atoms with Gasteiger partial charge < -0.3 is 5.11 Å². The molecule has 0 aliphatic carbocycles. The third-order valence-electron chi connectivity index (χ3n) is 3.85. The van der Waals surface area contributed by atoms with E-state index < -0.39 is 0 Å². The third kappa shape index (κ3) is 6.52. The van der Waals surface area contributed by atoms with Crippen LogP contribution in [0.15, 0.2) is 0 Å². The minimum Gasteiger partial charge on any atom is -0.393 e. The molecule has 0 aromatic heterocycles. The Labute approximate surface area is 103 Å². The quantitative estimate of drug-likeness (QED) is 0.526. The summed E-state index contributed by atoms with van der Waals surface area (Å²) < 4.78 is 0. The molecule has 0 aliphatic heterocycles. The molecule has 2 unspecified atom stereocenters. The fourth-order valence-corrected chi connectivity index (χ4v) is 2.76. The summed E-state index contributed by atoms with van der Waals surface area (Å²) in [7, 11) is 0. The first-order valence-corrected chi connectivity index (χ1v) is 7.28. The van der Waals surface area contributed by atoms with Crippen LogP contribution in [-0.2, 0) is 0 Å². The van der Waals surface area contributed by atoms with Gasteiger partial charge in [-0.15, -0.1) is 0 Å². The second-order valence-electron chi connectivity index (χ2n) is 5.47. The van der Waals surface area contributed by atoms with Crippen LogP contribution in [0.1, 0.15) is 85.5 Å². The van der Waals surface area contributed by atoms with Gasteiger partial charge in [0.25, 0.3) is 0 Å². The van der Waals surface area contributed by atoms with E-state index in [2.05, 4.69) is 20.8 Å². The minimum absolute atomic E-state index is 0.140. The lowest BCUT2D eigenvalue weighted by Crippen LogP contribution is -2.25. The molecule has 0 saturated carbocycles. The van der Waals surface area contributed by atoms with Crippen LogP contribution in [-0.4, -0.2) is 11.2 Å². The zero-order valence-electron chi connectivity index (χ0n) is 11.9. The molecule has 0 spiro atoms. The molecule has 16 heavy (non-hydrogen) atoms. The van der Waals surface area contributed by atoms with E-state index in [1.807, 2.05) is 6.92 Å². The number of rotatable bonds is 10. The summed E-state index contributed by atoms with van der Waals surface area (Å²) in [5.74, 6) is 0. The van der Waals surface area contributed by atoms with Gasteiger partial charge >= 0.3 is 0 Å². The molecule has 0 fully saturated rings. The molecule has 0 rings (SSSR count). The Balaban J connectivity index is 4.28. The summed E-state index contributed by atoms with van der Waals surface area (Å²) in [6.45, 7) is 8.75. The molecule has 0 aromatic carbocycles. The van der Waals surface area contributed by atoms with Crippen molar-refractivity contribution >= 4 is 0 Å². The highest BCUT2D eigenvalue weighted by Crippen LogP contribution is 2.39. The number of unbranched alkanes of at least 4 members (excludes halogenated alkanes) is 3. The van der Waals surface area contributed by atoms with Gasteiger partial charge in [0.15, 0.2) is 0 Å². The van der Waals surface area contributed by atoms with Crippen molar-refractivity contribution in [1.29, 1.82) is 0 Å². The van der Waals surface area contributed by atoms with Crippen LogP contribution in [0, 0.1) is 5.41 Å². The van der Waals surface area contributed by atoms with Gasteiger partial charge in [0, 0.05) is 0 Å². The van der Waals surface area contributed by atoms with Crippen LogP contribution in [0.2, 0.25) is 0 Å². The average molecular weight is 228 g/mol. The van der Waals surface area contributed by atoms with Crippen molar-refractivity contribution in [3.8, 4) is 0 Å². The molecule has 1 nitrogen and oxygen atoms in total. The lowest BCUT2D eigenvalue weighted by molar-refractivity contribution is 0.0887. The van der Waals surface area contributed by atoms with E-state index in [4.69, 9.17) is 0 Å². The van der Waals surface area contributed by atoms with Crippen molar-refractivity contribution in [2.75, 3.05) is 0 Å². The molecule has 1 N–H and O–H groups in total. The summed E-state index contributed by atoms with van der Waals surface area (Å²) in [6, 6.07) is 0. The molecule has 0 aromatic rings. The Morgan fingerprint density at radius 1 is 0.938 bits per heavy atom. The zero-order valence-corrected chi connectivity index (χ0v) is 11.9. The van der Waals surface area contributed by atoms with Crippen LogP contribution >= 0.6 is 0 Å². The zero-order chi connectivity index (χ0) is 12.4. The Kier molecular flexibility index (Phi) is 9.02. The van der Waals surface area contributed by atoms with E-state index in [9.17, 15) is 5.11 Å². The van der Waals surface area contributed by atoms with Crippen LogP contribution in [0.5, 0.6) is 0 Å². The van der Waals surface area contributed by atoms with Gasteiger partial charge in [-0.1, -0.05) is 59.3 Å². The Bertz CT molecular complexity index is 154. The maximum Gasteiger partial charge on any atom is 0.0517 e. The Hall–Kier alpha value is -0.0400. The second kappa shape index (κ2) is 9.04. The molecule has 98 valence electrons. The number of aliphatic hydroxyl groups excluding tert-OH is 1. The van der Waals surface area contributed by atoms with Crippen molar-refractivity contribution in [2.24, 2.45) is 5.41 Å². The highest BCUT2D eigenvalue weighted by Gasteiger charge is 2.28. The lowest BCUT2D eigenvalue weighted by atomic mass is 9.72. The van der Waals surface area contributed by atoms with Gasteiger partial charge in [-0.25, -0.2) is 0 Å². The van der Waals surface area contributed by atoms with Crippen LogP contribution in [0.3, 0.4) is 0 Å². The summed E-state index contributed by atoms with van der Waals surface area (Å²) in [4.78, 5) is 0. The van der Waals surface area contributed by atoms with E-state index in [-0.39, 0.29) is 6.10 Å². The first kappa shape index (κ1) is 16.0. The van der Waals surface area contributed by atoms with E-state index in [0.717, 1.165) is 6.42 Å². The predicted molar refractivity (Wildman–Crippen MR) is 72.7 cm³/mol. The van der Waals surface area contributed by atoms with Crippen LogP contribution in [0.4, 0.5) is 0 Å². The Morgan fingerprint density at radius 2 is 1.50 bits per heavy atom. The Morgan fingerprint density at radius 3 is 1.94 bits per heavy atom. The van der Waals surface area contributed by atoms with Crippen LogP contribution in [0.25, 0.3) is 0 Å². The average Bonchev–Trinajstić information content (AvgIpc) is 2.25. The monoisotopic (exact) mass is 228 g/mol. The minimum atomic E-state index is -0.140. The van der Waals surface area contributed by atoms with E-state index >= 15 is 0 Å². The first-order chi connectivity index (χ1) is 7.60. The van der Waals surface area contributed by atoms with Gasteiger partial charge in [-0.05, 0) is 31.6 Å². The van der Waals surface area contributed by atoms with Gasteiger partial charge in [0.1, 0.15) is 0 Å². The van der Waals surface area contributed by atoms with E-state index in [1.165, 1.54) is 51.4 Å². The molecule has 0 heterocycles. The highest BCUT2D eigenvalue weighted by atomic mass is 16.3. The molecule has 1 heteroatoms. The van der Waals surface area contributed by atoms with E-state index in [1.54, 1.807) is 0 Å². The largest absolute Gasteiger partial charge is 0.393 e. The van der Waals surface area contributed by atoms with E-state index in [0.29, 0.717) is 5.41 Å². The molecular weight excluding hydrogens is 196 g/mol. The maximum atomic E-state index is 9.67. The van der Waals surface area contributed by atoms with Gasteiger partial charge in [0.05, 0.1) is 6.10 Å². The highest BCUT2D eigenvalue weighted by molar-refractivity contribution is 4.80. The molecule has 0 amide bonds. The topological polar surface area (TPSA) is 20.2 Å². The summed E-state index contributed by atoms with van der Waals surface area (Å²) in [6.07, 6.45) is 11.2. The molecule has 2 atom stereocenters.